The second-order valence-corrected chi connectivity index (χ2v) is 5.90. The third kappa shape index (κ3) is 4.03. The van der Waals surface area contributed by atoms with Crippen LogP contribution in [0.4, 0.5) is 24.9 Å². The zero-order valence-electron chi connectivity index (χ0n) is 14.6. The van der Waals surface area contributed by atoms with Gasteiger partial charge in [0.1, 0.15) is 0 Å². The quantitative estimate of drug-likeness (QED) is 0.651. The highest BCUT2D eigenvalue weighted by Crippen LogP contribution is 2.32. The van der Waals surface area contributed by atoms with Crippen molar-refractivity contribution >= 4 is 24.1 Å². The van der Waals surface area contributed by atoms with Gasteiger partial charge < -0.3 is 9.88 Å². The topological polar surface area (TPSA) is 76.0 Å². The molecule has 0 aliphatic heterocycles. The zero-order chi connectivity index (χ0) is 20.3. The predicted octanol–water partition coefficient (Wildman–Crippen LogP) is 3.93. The molecule has 0 saturated carbocycles. The van der Waals surface area contributed by atoms with Gasteiger partial charge in [-0.2, -0.15) is 18.2 Å². The number of nitrogens with one attached hydrogen (secondary N) is 2. The number of aryl methyl sites for hydroxylation is 1. The summed E-state index contributed by atoms with van der Waals surface area (Å²) in [6, 6.07) is 11.1. The van der Waals surface area contributed by atoms with Gasteiger partial charge in [-0.15, -0.1) is 0 Å². The van der Waals surface area contributed by atoms with Crippen molar-refractivity contribution in [3.05, 3.63) is 65.9 Å². The smallest absolute Gasteiger partial charge is 0.318 e. The fourth-order valence-corrected chi connectivity index (χ4v) is 2.67. The van der Waals surface area contributed by atoms with Crippen molar-refractivity contribution in [3.63, 3.8) is 0 Å². The van der Waals surface area contributed by atoms with E-state index in [-0.39, 0.29) is 17.3 Å². The van der Waals surface area contributed by atoms with Gasteiger partial charge in [-0.1, -0.05) is 30.3 Å². The van der Waals surface area contributed by atoms with E-state index in [1.54, 1.807) is 31.3 Å². The molecule has 0 fully saturated rings. The number of aromatic nitrogens is 2. The average molecular weight is 388 g/mol. The number of carbonyl (C=O) groups excluding carboxylic acids is 2. The Bertz CT molecular complexity index is 1010. The Morgan fingerprint density at radius 1 is 1.11 bits per heavy atom. The molecule has 0 atom stereocenters. The summed E-state index contributed by atoms with van der Waals surface area (Å²) in [5, 5.41) is 5.01. The lowest BCUT2D eigenvalue weighted by Crippen LogP contribution is -2.13. The summed E-state index contributed by atoms with van der Waals surface area (Å²) in [7, 11) is 1.64. The summed E-state index contributed by atoms with van der Waals surface area (Å²) in [5.41, 5.74) is 0.471. The third-order valence-corrected chi connectivity index (χ3v) is 4.00. The van der Waals surface area contributed by atoms with Crippen LogP contribution in [0.5, 0.6) is 0 Å². The average Bonchev–Trinajstić information content (AvgIpc) is 3.00. The van der Waals surface area contributed by atoms with E-state index in [4.69, 9.17) is 0 Å². The Morgan fingerprint density at radius 3 is 2.43 bits per heavy atom. The van der Waals surface area contributed by atoms with Crippen molar-refractivity contribution in [1.29, 1.82) is 0 Å². The molecule has 3 rings (SSSR count). The van der Waals surface area contributed by atoms with Gasteiger partial charge in [0.05, 0.1) is 5.56 Å². The minimum absolute atomic E-state index is 0.221. The molecule has 2 aromatic carbocycles. The Morgan fingerprint density at radius 2 is 1.79 bits per heavy atom. The first-order valence-electron chi connectivity index (χ1n) is 8.11. The van der Waals surface area contributed by atoms with Crippen LogP contribution < -0.4 is 10.6 Å². The highest BCUT2D eigenvalue weighted by Gasteiger charge is 2.30. The molecule has 0 spiro atoms. The van der Waals surface area contributed by atoms with Gasteiger partial charge in [0.25, 0.3) is 5.91 Å². The first-order chi connectivity index (χ1) is 13.3. The van der Waals surface area contributed by atoms with E-state index in [9.17, 15) is 22.8 Å². The van der Waals surface area contributed by atoms with Crippen molar-refractivity contribution in [2.24, 2.45) is 7.05 Å². The molecule has 1 aromatic heterocycles. The van der Waals surface area contributed by atoms with Crippen LogP contribution in [-0.4, -0.2) is 21.9 Å². The van der Waals surface area contributed by atoms with E-state index in [1.165, 1.54) is 22.9 Å². The lowest BCUT2D eigenvalue weighted by molar-refractivity contribution is -0.137. The van der Waals surface area contributed by atoms with Crippen LogP contribution in [-0.2, 0) is 18.0 Å². The SMILES string of the molecule is Cn1cc(NC(=O)c2ccccc2-c2ccc(C(F)(F)F)cc2)nc1NC=O. The van der Waals surface area contributed by atoms with Gasteiger partial charge in [0.15, 0.2) is 5.82 Å². The van der Waals surface area contributed by atoms with Crippen LogP contribution in [0.25, 0.3) is 11.1 Å². The first-order valence-corrected chi connectivity index (χ1v) is 8.11. The van der Waals surface area contributed by atoms with E-state index < -0.39 is 17.6 Å². The van der Waals surface area contributed by atoms with Crippen molar-refractivity contribution in [2.45, 2.75) is 6.18 Å². The summed E-state index contributed by atoms with van der Waals surface area (Å²) in [6.07, 6.45) is -2.44. The van der Waals surface area contributed by atoms with Crippen molar-refractivity contribution < 1.29 is 22.8 Å². The number of halogens is 3. The molecule has 0 aliphatic rings. The Labute approximate surface area is 158 Å². The number of alkyl halides is 3. The summed E-state index contributed by atoms with van der Waals surface area (Å²) in [5.74, 6) is -0.00773. The Hall–Kier alpha value is -3.62. The molecule has 2 N–H and O–H groups in total. The highest BCUT2D eigenvalue weighted by molar-refractivity contribution is 6.08. The van der Waals surface area contributed by atoms with E-state index in [2.05, 4.69) is 15.6 Å². The van der Waals surface area contributed by atoms with E-state index in [0.29, 0.717) is 17.5 Å². The standard InChI is InChI=1S/C19H15F3N4O2/c1-26-10-16(25-18(26)23-11-27)24-17(28)15-5-3-2-4-14(15)12-6-8-13(9-7-12)19(20,21)22/h2-11H,1H3,(H,24,28)(H,23,25,27). The molecule has 0 unspecified atom stereocenters. The van der Waals surface area contributed by atoms with Gasteiger partial charge in [-0.25, -0.2) is 0 Å². The molecule has 0 bridgehead atoms. The summed E-state index contributed by atoms with van der Waals surface area (Å²) < 4.78 is 39.8. The monoisotopic (exact) mass is 388 g/mol. The largest absolute Gasteiger partial charge is 0.416 e. The van der Waals surface area contributed by atoms with E-state index in [0.717, 1.165) is 12.1 Å². The van der Waals surface area contributed by atoms with Gasteiger partial charge in [-0.05, 0) is 29.3 Å². The number of amides is 2. The van der Waals surface area contributed by atoms with Gasteiger partial charge in [0.2, 0.25) is 12.4 Å². The third-order valence-electron chi connectivity index (χ3n) is 4.00. The van der Waals surface area contributed by atoms with Gasteiger partial charge in [-0.3, -0.25) is 14.9 Å². The van der Waals surface area contributed by atoms with Crippen LogP contribution in [0.2, 0.25) is 0 Å². The maximum Gasteiger partial charge on any atom is 0.416 e. The van der Waals surface area contributed by atoms with Crippen molar-refractivity contribution in [3.8, 4) is 11.1 Å². The molecule has 1 heterocycles. The van der Waals surface area contributed by atoms with E-state index in [1.807, 2.05) is 0 Å². The molecule has 0 saturated heterocycles. The van der Waals surface area contributed by atoms with Crippen molar-refractivity contribution in [2.75, 3.05) is 10.6 Å². The lowest BCUT2D eigenvalue weighted by atomic mass is 9.98. The Balaban J connectivity index is 1.88. The van der Waals surface area contributed by atoms with Crippen LogP contribution in [0, 0.1) is 0 Å². The zero-order valence-corrected chi connectivity index (χ0v) is 14.6. The molecule has 6 nitrogen and oxygen atoms in total. The number of carbonyl (C=O) groups is 2. The number of hydrogen-bond donors (Lipinski definition) is 2. The second kappa shape index (κ2) is 7.55. The predicted molar refractivity (Wildman–Crippen MR) is 97.7 cm³/mol. The number of imidazole rings is 1. The summed E-state index contributed by atoms with van der Waals surface area (Å²) in [6.45, 7) is 0. The summed E-state index contributed by atoms with van der Waals surface area (Å²) >= 11 is 0. The molecule has 144 valence electrons. The molecule has 2 amide bonds. The summed E-state index contributed by atoms with van der Waals surface area (Å²) in [4.78, 5) is 27.3. The van der Waals surface area contributed by atoms with Crippen LogP contribution in [0.3, 0.4) is 0 Å². The van der Waals surface area contributed by atoms with Crippen LogP contribution >= 0.6 is 0 Å². The maximum absolute atomic E-state index is 12.8. The number of rotatable bonds is 5. The molecular formula is C19H15F3N4O2. The number of benzene rings is 2. The number of hydrogen-bond acceptors (Lipinski definition) is 3. The minimum atomic E-state index is -4.43. The molecular weight excluding hydrogens is 373 g/mol. The van der Waals surface area contributed by atoms with Gasteiger partial charge >= 0.3 is 6.18 Å². The fraction of sp³-hybridized carbons (Fsp3) is 0.105. The lowest BCUT2D eigenvalue weighted by Gasteiger charge is -2.11. The number of nitrogens with zero attached hydrogens (tertiary/aromatic N) is 2. The first kappa shape index (κ1) is 19.2. The molecule has 28 heavy (non-hydrogen) atoms. The molecule has 0 aliphatic carbocycles. The number of anilines is 2. The maximum atomic E-state index is 12.8. The minimum Gasteiger partial charge on any atom is -0.318 e. The molecule has 9 heteroatoms. The van der Waals surface area contributed by atoms with Crippen LogP contribution in [0.15, 0.2) is 54.7 Å². The highest BCUT2D eigenvalue weighted by atomic mass is 19.4. The van der Waals surface area contributed by atoms with Crippen molar-refractivity contribution in [1.82, 2.24) is 9.55 Å². The molecule has 0 radical (unpaired) electrons. The Kier molecular flexibility index (Phi) is 5.16. The second-order valence-electron chi connectivity index (χ2n) is 5.90. The van der Waals surface area contributed by atoms with Gasteiger partial charge in [0, 0.05) is 18.8 Å². The van der Waals surface area contributed by atoms with E-state index >= 15 is 0 Å². The molecule has 3 aromatic rings. The fourth-order valence-electron chi connectivity index (χ4n) is 2.67. The normalized spacial score (nSPS) is 11.1. The van der Waals surface area contributed by atoms with Crippen LogP contribution in [0.1, 0.15) is 15.9 Å².